The maximum absolute atomic E-state index is 13.7. The number of hydrogen-bond acceptors (Lipinski definition) is 12. The first-order valence-corrected chi connectivity index (χ1v) is 22.7. The van der Waals surface area contributed by atoms with Crippen molar-refractivity contribution in [2.75, 3.05) is 19.8 Å². The number of ether oxygens (including phenoxy) is 2. The molecule has 2 aromatic carbocycles. The molecule has 0 saturated carbocycles. The Hall–Kier alpha value is -5.78. The number of benzene rings is 2. The molecule has 4 aromatic rings. The van der Waals surface area contributed by atoms with E-state index in [1.165, 1.54) is 18.2 Å². The van der Waals surface area contributed by atoms with E-state index in [1.807, 2.05) is 63.5 Å². The third kappa shape index (κ3) is 9.38. The van der Waals surface area contributed by atoms with Gasteiger partial charge in [0.1, 0.15) is 28.7 Å². The van der Waals surface area contributed by atoms with E-state index in [2.05, 4.69) is 40.0 Å². The molecule has 3 unspecified atom stereocenters. The van der Waals surface area contributed by atoms with Crippen LogP contribution in [0.3, 0.4) is 0 Å². The zero-order valence-corrected chi connectivity index (χ0v) is 38.6. The van der Waals surface area contributed by atoms with Crippen LogP contribution in [0.5, 0.6) is 5.75 Å². The average molecular weight is 913 g/mol. The molecule has 0 spiro atoms. The first-order chi connectivity index (χ1) is 30.5. The van der Waals surface area contributed by atoms with Crippen molar-refractivity contribution >= 4 is 64.1 Å². The molecule has 2 aromatic heterocycles. The van der Waals surface area contributed by atoms with Gasteiger partial charge in [-0.3, -0.25) is 48.5 Å². The van der Waals surface area contributed by atoms with Crippen LogP contribution in [0.1, 0.15) is 133 Å². The molecule has 4 atom stereocenters. The lowest BCUT2D eigenvalue weighted by atomic mass is 9.94. The first-order valence-electron chi connectivity index (χ1n) is 21.5. The van der Waals surface area contributed by atoms with Gasteiger partial charge in [0, 0.05) is 46.1 Å². The van der Waals surface area contributed by atoms with Gasteiger partial charge in [-0.25, -0.2) is 0 Å². The largest absolute Gasteiger partial charge is 0.483 e. The number of carbonyl (C=O) groups is 6. The molecule has 64 heavy (non-hydrogen) atoms. The van der Waals surface area contributed by atoms with Gasteiger partial charge in [0.2, 0.25) is 17.7 Å². The van der Waals surface area contributed by atoms with E-state index in [0.717, 1.165) is 37.2 Å². The summed E-state index contributed by atoms with van der Waals surface area (Å²) >= 11 is 7.91. The van der Waals surface area contributed by atoms with Gasteiger partial charge in [-0.2, -0.15) is 0 Å². The number of aromatic nitrogens is 3. The van der Waals surface area contributed by atoms with Crippen molar-refractivity contribution in [2.45, 2.75) is 117 Å². The Balaban J connectivity index is 0.925. The second-order valence-electron chi connectivity index (χ2n) is 17.0. The van der Waals surface area contributed by atoms with Crippen molar-refractivity contribution in [1.82, 2.24) is 35.6 Å². The van der Waals surface area contributed by atoms with E-state index in [0.29, 0.717) is 55.5 Å². The maximum atomic E-state index is 13.7. The summed E-state index contributed by atoms with van der Waals surface area (Å²) in [6.45, 7) is 14.2. The molecule has 5 heterocycles. The van der Waals surface area contributed by atoms with Crippen molar-refractivity contribution in [2.24, 2.45) is 4.99 Å². The number of nitrogens with one attached hydrogen (secondary N) is 3. The zero-order valence-electron chi connectivity index (χ0n) is 37.1. The fourth-order valence-electron chi connectivity index (χ4n) is 8.17. The van der Waals surface area contributed by atoms with E-state index in [4.69, 9.17) is 26.1 Å². The molecule has 3 aliphatic rings. The molecule has 6 amide bonds. The highest BCUT2D eigenvalue weighted by Crippen LogP contribution is 2.40. The molecule has 1 fully saturated rings. The molecular weight excluding hydrogens is 860 g/mol. The molecule has 0 bridgehead atoms. The minimum absolute atomic E-state index is 0.000903. The highest BCUT2D eigenvalue weighted by atomic mass is 35.5. The Morgan fingerprint density at radius 3 is 2.41 bits per heavy atom. The first kappa shape index (κ1) is 46.2. The lowest BCUT2D eigenvalue weighted by molar-refractivity contribution is -0.136. The number of thiophene rings is 1. The van der Waals surface area contributed by atoms with Gasteiger partial charge in [-0.1, -0.05) is 43.6 Å². The normalized spacial score (nSPS) is 18.8. The molecule has 0 radical (unpaired) electrons. The summed E-state index contributed by atoms with van der Waals surface area (Å²) < 4.78 is 14.3. The fraction of sp³-hybridized carbons (Fsp3) is 0.457. The number of aliphatic imine (C=N–C) groups is 1. The number of aryl methyl sites for hydroxylation is 2. The second kappa shape index (κ2) is 18.7. The van der Waals surface area contributed by atoms with Crippen molar-refractivity contribution < 1.29 is 38.2 Å². The van der Waals surface area contributed by atoms with Crippen molar-refractivity contribution in [3.8, 4) is 10.8 Å². The minimum atomic E-state index is -1.12. The second-order valence-corrected chi connectivity index (χ2v) is 18.6. The lowest BCUT2D eigenvalue weighted by Crippen LogP contribution is -2.54. The van der Waals surface area contributed by atoms with Crippen LogP contribution in [0.15, 0.2) is 47.5 Å². The van der Waals surface area contributed by atoms with Crippen LogP contribution in [0.4, 0.5) is 0 Å². The molecule has 0 aliphatic carbocycles. The van der Waals surface area contributed by atoms with Crippen LogP contribution in [0.2, 0.25) is 5.02 Å². The van der Waals surface area contributed by atoms with Gasteiger partial charge in [0.15, 0.2) is 12.4 Å². The number of imide groups is 2. The minimum Gasteiger partial charge on any atom is -0.483 e. The van der Waals surface area contributed by atoms with E-state index in [1.54, 1.807) is 11.3 Å². The number of halogens is 1. The van der Waals surface area contributed by atoms with Gasteiger partial charge in [-0.05, 0) is 96.6 Å². The predicted molar refractivity (Wildman–Crippen MR) is 240 cm³/mol. The van der Waals surface area contributed by atoms with Crippen molar-refractivity contribution in [1.29, 1.82) is 0 Å². The topological polar surface area (TPSA) is 203 Å². The molecule has 16 nitrogen and oxygen atoms in total. The van der Waals surface area contributed by atoms with Gasteiger partial charge < -0.3 is 20.1 Å². The quantitative estimate of drug-likeness (QED) is 0.105. The van der Waals surface area contributed by atoms with E-state index >= 15 is 0 Å². The number of piperidine rings is 1. The zero-order chi connectivity index (χ0) is 46.1. The molecule has 18 heteroatoms. The summed E-state index contributed by atoms with van der Waals surface area (Å²) in [5.74, 6) is -1.82. The van der Waals surface area contributed by atoms with Crippen molar-refractivity contribution in [3.63, 3.8) is 0 Å². The van der Waals surface area contributed by atoms with Crippen LogP contribution in [0, 0.1) is 20.8 Å². The van der Waals surface area contributed by atoms with Crippen LogP contribution in [0.25, 0.3) is 5.00 Å². The number of amides is 6. The van der Waals surface area contributed by atoms with Crippen LogP contribution in [-0.4, -0.2) is 97.8 Å². The molecule has 3 N–H and O–H groups in total. The van der Waals surface area contributed by atoms with E-state index in [9.17, 15) is 28.8 Å². The van der Waals surface area contributed by atoms with E-state index in [-0.39, 0.29) is 42.0 Å². The van der Waals surface area contributed by atoms with Crippen LogP contribution in [-0.2, 0) is 23.9 Å². The Bertz CT molecular complexity index is 2550. The average Bonchev–Trinajstić information content (AvgIpc) is 3.84. The van der Waals surface area contributed by atoms with Crippen LogP contribution >= 0.6 is 22.9 Å². The maximum Gasteiger partial charge on any atom is 0.266 e. The highest BCUT2D eigenvalue weighted by molar-refractivity contribution is 7.15. The summed E-state index contributed by atoms with van der Waals surface area (Å²) in [5.41, 5.74) is 2.56. The number of carbonyl (C=O) groups excluding carboxylic acids is 6. The monoisotopic (exact) mass is 912 g/mol. The Labute approximate surface area is 380 Å². The Kier molecular flexibility index (Phi) is 13.5. The standard InChI is InChI=1S/C46H53ClN8O8S/c1-8-45(6,51-36(58)24-62-33-12-10-11-30-38(33)43(61)55(42(30)60)32-17-18-34(56)50-41(32)59)20-22-63-46(7,9-2)19-21-48-35(57)23-31-40-53-52-27(5)54(40)44-37(25(3)26(4)64-44)39(49-31)28-13-15-29(47)16-14-28/h10-16,31-32H,8-9,17-24H2,1-7H3,(H,48,57)(H,51,58)(H,50,56,59)/t31-,32?,45?,46?/m0/s1. The Morgan fingerprint density at radius 2 is 1.70 bits per heavy atom. The molecule has 7 rings (SSSR count). The summed E-state index contributed by atoms with van der Waals surface area (Å²) in [5, 5.41) is 18.8. The number of hydrogen-bond donors (Lipinski definition) is 3. The summed E-state index contributed by atoms with van der Waals surface area (Å²) in [4.78, 5) is 85.0. The molecule has 1 saturated heterocycles. The molecular formula is C46H53ClN8O8S. The van der Waals surface area contributed by atoms with Gasteiger partial charge >= 0.3 is 0 Å². The summed E-state index contributed by atoms with van der Waals surface area (Å²) in [6.07, 6.45) is 2.36. The third-order valence-corrected chi connectivity index (χ3v) is 14.0. The number of fused-ring (bicyclic) bond motifs is 4. The molecule has 3 aliphatic heterocycles. The van der Waals surface area contributed by atoms with Gasteiger partial charge in [0.05, 0.1) is 28.9 Å². The lowest BCUT2D eigenvalue weighted by Gasteiger charge is -2.33. The van der Waals surface area contributed by atoms with E-state index < -0.39 is 59.4 Å². The fourth-order valence-corrected chi connectivity index (χ4v) is 9.51. The predicted octanol–water partition coefficient (Wildman–Crippen LogP) is 6.04. The smallest absolute Gasteiger partial charge is 0.266 e. The number of rotatable bonds is 17. The highest BCUT2D eigenvalue weighted by Gasteiger charge is 2.46. The van der Waals surface area contributed by atoms with Crippen LogP contribution < -0.4 is 20.7 Å². The SMILES string of the molecule is CCC(C)(CCOC(C)(CC)CCNC(=O)C[C@@H]1N=C(c2ccc(Cl)cc2)c2c(sc(C)c2C)-n2c(C)nnc21)NC(=O)COc1cccc2c1C(=O)N(C1CCC(=O)NC1=O)C2=O. The molecule has 338 valence electrons. The van der Waals surface area contributed by atoms with Crippen molar-refractivity contribution in [3.05, 3.63) is 91.8 Å². The Morgan fingerprint density at radius 1 is 0.953 bits per heavy atom. The summed E-state index contributed by atoms with van der Waals surface area (Å²) in [7, 11) is 0. The number of nitrogens with zero attached hydrogens (tertiary/aromatic N) is 5. The summed E-state index contributed by atoms with van der Waals surface area (Å²) in [6, 6.07) is 10.3. The van der Waals surface area contributed by atoms with Gasteiger partial charge in [-0.15, -0.1) is 21.5 Å². The third-order valence-electron chi connectivity index (χ3n) is 12.6. The van der Waals surface area contributed by atoms with Gasteiger partial charge in [0.25, 0.3) is 17.7 Å².